The zero-order valence-electron chi connectivity index (χ0n) is 9.73. The smallest absolute Gasteiger partial charge is 0.326 e. The standard InChI is InChI=1S/C11H14N4OS/c1-7-5-9(4-3-8(7)6-12)17-11-14-13-10(16)15(11)2/h3-5H,6,12H2,1-2H3,(H,13,16). The van der Waals surface area contributed by atoms with Gasteiger partial charge in [0.2, 0.25) is 0 Å². The lowest BCUT2D eigenvalue weighted by molar-refractivity contribution is 0.766. The van der Waals surface area contributed by atoms with Gasteiger partial charge in [0.05, 0.1) is 0 Å². The van der Waals surface area contributed by atoms with E-state index < -0.39 is 0 Å². The van der Waals surface area contributed by atoms with E-state index in [1.807, 2.05) is 25.1 Å². The summed E-state index contributed by atoms with van der Waals surface area (Å²) in [7, 11) is 1.69. The first-order chi connectivity index (χ1) is 8.11. The molecule has 0 radical (unpaired) electrons. The van der Waals surface area contributed by atoms with Crippen molar-refractivity contribution in [2.24, 2.45) is 12.8 Å². The van der Waals surface area contributed by atoms with Gasteiger partial charge < -0.3 is 5.73 Å². The van der Waals surface area contributed by atoms with Crippen molar-refractivity contribution in [1.82, 2.24) is 14.8 Å². The quantitative estimate of drug-likeness (QED) is 0.853. The molecule has 0 amide bonds. The Hall–Kier alpha value is -1.53. The van der Waals surface area contributed by atoms with Crippen LogP contribution in [0.15, 0.2) is 33.0 Å². The molecule has 1 heterocycles. The highest BCUT2D eigenvalue weighted by Crippen LogP contribution is 2.26. The molecule has 90 valence electrons. The molecule has 0 aliphatic carbocycles. The molecule has 0 atom stereocenters. The van der Waals surface area contributed by atoms with Crippen molar-refractivity contribution in [3.05, 3.63) is 39.8 Å². The van der Waals surface area contributed by atoms with Gasteiger partial charge in [0.25, 0.3) is 0 Å². The fourth-order valence-corrected chi connectivity index (χ4v) is 2.38. The summed E-state index contributed by atoms with van der Waals surface area (Å²) in [5, 5.41) is 7.01. The highest BCUT2D eigenvalue weighted by Gasteiger charge is 2.07. The molecule has 0 aliphatic heterocycles. The lowest BCUT2D eigenvalue weighted by atomic mass is 10.1. The Bertz CT molecular complexity index is 587. The Labute approximate surface area is 103 Å². The summed E-state index contributed by atoms with van der Waals surface area (Å²) >= 11 is 1.45. The number of nitrogens with one attached hydrogen (secondary N) is 1. The molecule has 17 heavy (non-hydrogen) atoms. The van der Waals surface area contributed by atoms with Gasteiger partial charge in [-0.1, -0.05) is 6.07 Å². The summed E-state index contributed by atoms with van der Waals surface area (Å²) in [6.45, 7) is 2.56. The summed E-state index contributed by atoms with van der Waals surface area (Å²) in [5.41, 5.74) is 7.69. The molecule has 0 bridgehead atoms. The van der Waals surface area contributed by atoms with E-state index in [1.54, 1.807) is 7.05 Å². The van der Waals surface area contributed by atoms with Gasteiger partial charge in [-0.3, -0.25) is 4.57 Å². The summed E-state index contributed by atoms with van der Waals surface area (Å²) in [6.07, 6.45) is 0. The monoisotopic (exact) mass is 250 g/mol. The van der Waals surface area contributed by atoms with Gasteiger partial charge >= 0.3 is 5.69 Å². The molecule has 0 fully saturated rings. The maximum Gasteiger partial charge on any atom is 0.343 e. The first kappa shape index (κ1) is 11.9. The molecule has 5 nitrogen and oxygen atoms in total. The van der Waals surface area contributed by atoms with Crippen LogP contribution in [0.5, 0.6) is 0 Å². The predicted molar refractivity (Wildman–Crippen MR) is 67.0 cm³/mol. The molecule has 0 aliphatic rings. The van der Waals surface area contributed by atoms with Crippen LogP contribution in [-0.4, -0.2) is 14.8 Å². The normalized spacial score (nSPS) is 10.8. The van der Waals surface area contributed by atoms with Gasteiger partial charge in [-0.05, 0) is 41.9 Å². The average Bonchev–Trinajstić information content (AvgIpc) is 2.61. The van der Waals surface area contributed by atoms with Crippen LogP contribution >= 0.6 is 11.8 Å². The fraction of sp³-hybridized carbons (Fsp3) is 0.273. The summed E-state index contributed by atoms with van der Waals surface area (Å²) < 4.78 is 1.48. The number of hydrogen-bond acceptors (Lipinski definition) is 4. The molecular formula is C11H14N4OS. The van der Waals surface area contributed by atoms with Crippen LogP contribution in [0.25, 0.3) is 0 Å². The molecule has 0 spiro atoms. The lowest BCUT2D eigenvalue weighted by Crippen LogP contribution is -2.12. The van der Waals surface area contributed by atoms with Gasteiger partial charge in [-0.25, -0.2) is 9.89 Å². The van der Waals surface area contributed by atoms with E-state index >= 15 is 0 Å². The Morgan fingerprint density at radius 2 is 2.29 bits per heavy atom. The number of aryl methyl sites for hydroxylation is 1. The third kappa shape index (κ3) is 2.42. The van der Waals surface area contributed by atoms with Crippen molar-refractivity contribution in [3.8, 4) is 0 Å². The van der Waals surface area contributed by atoms with E-state index in [-0.39, 0.29) is 5.69 Å². The zero-order chi connectivity index (χ0) is 12.4. The summed E-state index contributed by atoms with van der Waals surface area (Å²) in [4.78, 5) is 12.3. The van der Waals surface area contributed by atoms with Crippen molar-refractivity contribution in [2.45, 2.75) is 23.5 Å². The Morgan fingerprint density at radius 1 is 1.53 bits per heavy atom. The van der Waals surface area contributed by atoms with Crippen LogP contribution < -0.4 is 11.4 Å². The van der Waals surface area contributed by atoms with Crippen molar-refractivity contribution >= 4 is 11.8 Å². The molecule has 2 aromatic rings. The number of rotatable bonds is 3. The minimum Gasteiger partial charge on any atom is -0.326 e. The Kier molecular flexibility index (Phi) is 3.35. The molecule has 6 heteroatoms. The largest absolute Gasteiger partial charge is 0.343 e. The van der Waals surface area contributed by atoms with Gasteiger partial charge in [-0.2, -0.15) is 0 Å². The topological polar surface area (TPSA) is 76.7 Å². The second kappa shape index (κ2) is 4.77. The number of nitrogens with two attached hydrogens (primary N) is 1. The molecule has 3 N–H and O–H groups in total. The van der Waals surface area contributed by atoms with Crippen molar-refractivity contribution in [1.29, 1.82) is 0 Å². The van der Waals surface area contributed by atoms with Crippen molar-refractivity contribution in [3.63, 3.8) is 0 Å². The molecule has 1 aromatic carbocycles. The molecule has 2 rings (SSSR count). The summed E-state index contributed by atoms with van der Waals surface area (Å²) in [6, 6.07) is 6.04. The SMILES string of the molecule is Cc1cc(Sc2n[nH]c(=O)n2C)ccc1CN. The van der Waals surface area contributed by atoms with Gasteiger partial charge in [0.15, 0.2) is 5.16 Å². The number of aromatic nitrogens is 3. The van der Waals surface area contributed by atoms with E-state index in [4.69, 9.17) is 5.73 Å². The van der Waals surface area contributed by atoms with Crippen LogP contribution in [0.2, 0.25) is 0 Å². The molecule has 0 unspecified atom stereocenters. The first-order valence-electron chi connectivity index (χ1n) is 5.20. The van der Waals surface area contributed by atoms with Gasteiger partial charge in [-0.15, -0.1) is 5.10 Å². The third-order valence-corrected chi connectivity index (χ3v) is 3.62. The second-order valence-corrected chi connectivity index (χ2v) is 4.81. The maximum absolute atomic E-state index is 11.2. The fourth-order valence-electron chi connectivity index (χ4n) is 1.49. The highest BCUT2D eigenvalue weighted by atomic mass is 32.2. The first-order valence-corrected chi connectivity index (χ1v) is 6.02. The number of benzene rings is 1. The minimum atomic E-state index is -0.206. The van der Waals surface area contributed by atoms with E-state index in [1.165, 1.54) is 16.3 Å². The van der Waals surface area contributed by atoms with Crippen molar-refractivity contribution < 1.29 is 0 Å². The average molecular weight is 250 g/mol. The number of H-pyrrole nitrogens is 1. The number of nitrogens with zero attached hydrogens (tertiary/aromatic N) is 2. The van der Waals surface area contributed by atoms with E-state index in [9.17, 15) is 4.79 Å². The van der Waals surface area contributed by atoms with E-state index in [2.05, 4.69) is 10.2 Å². The third-order valence-electron chi connectivity index (χ3n) is 2.58. The predicted octanol–water partition coefficient (Wildman–Crippen LogP) is 1.03. The summed E-state index contributed by atoms with van der Waals surface area (Å²) in [5.74, 6) is 0. The second-order valence-electron chi connectivity index (χ2n) is 3.76. The molecule has 0 saturated carbocycles. The number of aromatic amines is 1. The molecular weight excluding hydrogens is 236 g/mol. The highest BCUT2D eigenvalue weighted by molar-refractivity contribution is 7.99. The van der Waals surface area contributed by atoms with Crippen molar-refractivity contribution in [2.75, 3.05) is 0 Å². The molecule has 1 aromatic heterocycles. The van der Waals surface area contributed by atoms with Crippen LogP contribution in [-0.2, 0) is 13.6 Å². The van der Waals surface area contributed by atoms with E-state index in [0.29, 0.717) is 11.7 Å². The van der Waals surface area contributed by atoms with Crippen LogP contribution in [0, 0.1) is 6.92 Å². The Morgan fingerprint density at radius 3 is 2.82 bits per heavy atom. The van der Waals surface area contributed by atoms with Crippen LogP contribution in [0.3, 0.4) is 0 Å². The maximum atomic E-state index is 11.2. The van der Waals surface area contributed by atoms with Gasteiger partial charge in [0, 0.05) is 18.5 Å². The molecule has 0 saturated heterocycles. The van der Waals surface area contributed by atoms with Crippen LogP contribution in [0.1, 0.15) is 11.1 Å². The van der Waals surface area contributed by atoms with Gasteiger partial charge in [0.1, 0.15) is 0 Å². The minimum absolute atomic E-state index is 0.206. The van der Waals surface area contributed by atoms with E-state index in [0.717, 1.165) is 16.0 Å². The zero-order valence-corrected chi connectivity index (χ0v) is 10.5. The number of hydrogen-bond donors (Lipinski definition) is 2. The Balaban J connectivity index is 2.28. The lowest BCUT2D eigenvalue weighted by Gasteiger charge is -2.05. The van der Waals surface area contributed by atoms with Crippen LogP contribution in [0.4, 0.5) is 0 Å².